The Morgan fingerprint density at radius 2 is 2.50 bits per heavy atom. The Kier molecular flexibility index (Phi) is 2.60. The van der Waals surface area contributed by atoms with Gasteiger partial charge < -0.3 is 9.52 Å². The number of nitrogens with zero attached hydrogens (tertiary/aromatic N) is 2. The molecule has 2 rings (SSSR count). The summed E-state index contributed by atoms with van der Waals surface area (Å²) in [4.78, 5) is 0. The Hall–Kier alpha value is -1.20. The molecule has 1 atom stereocenters. The number of hydrogen-bond donors (Lipinski definition) is 1. The van der Waals surface area contributed by atoms with Gasteiger partial charge in [0, 0.05) is 6.42 Å². The second-order valence-electron chi connectivity index (χ2n) is 3.09. The Morgan fingerprint density at radius 1 is 1.64 bits per heavy atom. The molecule has 0 amide bonds. The lowest BCUT2D eigenvalue weighted by Gasteiger charge is -2.05. The second-order valence-corrected chi connectivity index (χ2v) is 3.64. The van der Waals surface area contributed by atoms with Crippen molar-refractivity contribution < 1.29 is 9.52 Å². The van der Waals surface area contributed by atoms with E-state index in [1.807, 2.05) is 13.0 Å². The van der Waals surface area contributed by atoms with Gasteiger partial charge in [-0.25, -0.2) is 0 Å². The Labute approximate surface area is 85.5 Å². The van der Waals surface area contributed by atoms with Crippen LogP contribution in [0.4, 0.5) is 0 Å². The predicted molar refractivity (Wildman–Crippen MR) is 52.0 cm³/mol. The molecular formula is C9H10N2O2S. The zero-order valence-corrected chi connectivity index (χ0v) is 8.49. The largest absolute Gasteiger partial charge is 0.466 e. The number of furan rings is 1. The molecule has 0 aliphatic heterocycles. The normalized spacial score (nSPS) is 13.0. The molecular weight excluding hydrogens is 200 g/mol. The van der Waals surface area contributed by atoms with Gasteiger partial charge in [0.15, 0.2) is 0 Å². The number of hydrogen-bond acceptors (Lipinski definition) is 5. The van der Waals surface area contributed by atoms with Crippen LogP contribution in [0.1, 0.15) is 23.1 Å². The molecule has 4 nitrogen and oxygen atoms in total. The molecule has 2 aromatic rings. The number of aryl methyl sites for hydroxylation is 1. The molecule has 0 saturated heterocycles. The van der Waals surface area contributed by atoms with Gasteiger partial charge in [-0.3, -0.25) is 0 Å². The Balaban J connectivity index is 2.10. The number of rotatable bonds is 3. The molecule has 0 spiro atoms. The fourth-order valence-electron chi connectivity index (χ4n) is 1.29. The van der Waals surface area contributed by atoms with Crippen LogP contribution < -0.4 is 0 Å². The maximum Gasteiger partial charge on any atom is 0.135 e. The average Bonchev–Trinajstić information content (AvgIpc) is 2.75. The molecule has 1 N–H and O–H groups in total. The molecule has 1 unspecified atom stereocenters. The zero-order chi connectivity index (χ0) is 9.97. The van der Waals surface area contributed by atoms with Gasteiger partial charge in [-0.2, -0.15) is 8.75 Å². The van der Waals surface area contributed by atoms with E-state index >= 15 is 0 Å². The van der Waals surface area contributed by atoms with Gasteiger partial charge in [0.25, 0.3) is 0 Å². The summed E-state index contributed by atoms with van der Waals surface area (Å²) < 4.78 is 13.1. The van der Waals surface area contributed by atoms with E-state index in [0.717, 1.165) is 23.0 Å². The molecule has 0 aliphatic carbocycles. The van der Waals surface area contributed by atoms with E-state index in [1.165, 1.54) is 0 Å². The van der Waals surface area contributed by atoms with E-state index in [4.69, 9.17) is 4.42 Å². The van der Waals surface area contributed by atoms with Crippen LogP contribution in [0.25, 0.3) is 0 Å². The van der Waals surface area contributed by atoms with Crippen LogP contribution in [-0.2, 0) is 6.42 Å². The summed E-state index contributed by atoms with van der Waals surface area (Å²) >= 11 is 1.14. The summed E-state index contributed by atoms with van der Waals surface area (Å²) in [7, 11) is 0. The van der Waals surface area contributed by atoms with Crippen molar-refractivity contribution in [2.45, 2.75) is 19.4 Å². The van der Waals surface area contributed by atoms with E-state index in [9.17, 15) is 5.11 Å². The van der Waals surface area contributed by atoms with Gasteiger partial charge in [-0.05, 0) is 18.6 Å². The maximum absolute atomic E-state index is 9.81. The van der Waals surface area contributed by atoms with Crippen molar-refractivity contribution in [2.75, 3.05) is 0 Å². The third-order valence-electron chi connectivity index (χ3n) is 2.01. The van der Waals surface area contributed by atoms with E-state index in [2.05, 4.69) is 8.75 Å². The summed E-state index contributed by atoms with van der Waals surface area (Å²) in [6.45, 7) is 1.90. The molecule has 5 heteroatoms. The summed E-state index contributed by atoms with van der Waals surface area (Å²) in [6, 6.07) is 1.83. The van der Waals surface area contributed by atoms with Gasteiger partial charge in [0.2, 0.25) is 0 Å². The van der Waals surface area contributed by atoms with Crippen LogP contribution in [0.2, 0.25) is 0 Å². The topological polar surface area (TPSA) is 59.2 Å². The van der Waals surface area contributed by atoms with Crippen molar-refractivity contribution in [2.24, 2.45) is 0 Å². The smallest absolute Gasteiger partial charge is 0.135 e. The minimum atomic E-state index is -0.631. The highest BCUT2D eigenvalue weighted by atomic mass is 32.1. The van der Waals surface area contributed by atoms with Crippen LogP contribution in [0, 0.1) is 6.92 Å². The van der Waals surface area contributed by atoms with E-state index in [0.29, 0.717) is 12.2 Å². The minimum Gasteiger partial charge on any atom is -0.466 e. The van der Waals surface area contributed by atoms with Gasteiger partial charge in [0.1, 0.15) is 11.9 Å². The van der Waals surface area contributed by atoms with Crippen molar-refractivity contribution in [3.05, 3.63) is 35.5 Å². The summed E-state index contributed by atoms with van der Waals surface area (Å²) in [5, 5.41) is 9.81. The van der Waals surface area contributed by atoms with Gasteiger partial charge in [-0.1, -0.05) is 0 Å². The monoisotopic (exact) mass is 210 g/mol. The van der Waals surface area contributed by atoms with Crippen molar-refractivity contribution in [1.82, 2.24) is 8.75 Å². The highest BCUT2D eigenvalue weighted by Crippen LogP contribution is 2.21. The highest BCUT2D eigenvalue weighted by molar-refractivity contribution is 6.99. The highest BCUT2D eigenvalue weighted by Gasteiger charge is 2.15. The molecule has 0 saturated carbocycles. The van der Waals surface area contributed by atoms with Crippen molar-refractivity contribution in [3.8, 4) is 0 Å². The van der Waals surface area contributed by atoms with Gasteiger partial charge in [-0.15, -0.1) is 0 Å². The lowest BCUT2D eigenvalue weighted by molar-refractivity contribution is 0.148. The van der Waals surface area contributed by atoms with Crippen LogP contribution in [0.3, 0.4) is 0 Å². The van der Waals surface area contributed by atoms with Crippen molar-refractivity contribution in [1.29, 1.82) is 0 Å². The summed E-state index contributed by atoms with van der Waals surface area (Å²) in [6.07, 6.45) is 3.05. The summed E-state index contributed by atoms with van der Waals surface area (Å²) in [5.41, 5.74) is 1.75. The quantitative estimate of drug-likeness (QED) is 0.837. The van der Waals surface area contributed by atoms with Crippen LogP contribution in [0.5, 0.6) is 0 Å². The second kappa shape index (κ2) is 3.89. The van der Waals surface area contributed by atoms with E-state index in [1.54, 1.807) is 12.5 Å². The molecule has 0 fully saturated rings. The fraction of sp³-hybridized carbons (Fsp3) is 0.333. The lowest BCUT2D eigenvalue weighted by Crippen LogP contribution is -2.01. The first-order chi connectivity index (χ1) is 6.77. The first-order valence-corrected chi connectivity index (χ1v) is 4.99. The van der Waals surface area contributed by atoms with Crippen LogP contribution in [-0.4, -0.2) is 13.9 Å². The van der Waals surface area contributed by atoms with Gasteiger partial charge >= 0.3 is 0 Å². The molecule has 0 aromatic carbocycles. The predicted octanol–water partition coefficient (Wildman–Crippen LogP) is 1.72. The molecule has 14 heavy (non-hydrogen) atoms. The zero-order valence-electron chi connectivity index (χ0n) is 7.67. The number of aliphatic hydroxyl groups excluding tert-OH is 1. The van der Waals surface area contributed by atoms with Gasteiger partial charge in [0.05, 0.1) is 29.9 Å². The molecule has 0 bridgehead atoms. The number of aliphatic hydroxyl groups is 1. The third kappa shape index (κ3) is 1.83. The van der Waals surface area contributed by atoms with Crippen molar-refractivity contribution in [3.63, 3.8) is 0 Å². The first kappa shape index (κ1) is 9.36. The standard InChI is InChI=1S/C9H10N2O2S/c1-6-2-3-13-9(6)8(12)4-7-5-10-14-11-7/h2-3,5,8,12H,4H2,1H3. The van der Waals surface area contributed by atoms with E-state index < -0.39 is 6.10 Å². The van der Waals surface area contributed by atoms with Crippen LogP contribution >= 0.6 is 11.7 Å². The molecule has 0 radical (unpaired) electrons. The summed E-state index contributed by atoms with van der Waals surface area (Å²) in [5.74, 6) is 0.609. The fourth-order valence-corrected chi connectivity index (χ4v) is 1.73. The Bertz CT molecular complexity index is 397. The van der Waals surface area contributed by atoms with Crippen LogP contribution in [0.15, 0.2) is 22.9 Å². The molecule has 74 valence electrons. The maximum atomic E-state index is 9.81. The molecule has 2 aromatic heterocycles. The molecule has 0 aliphatic rings. The van der Waals surface area contributed by atoms with Crippen molar-refractivity contribution >= 4 is 11.7 Å². The molecule has 2 heterocycles. The minimum absolute atomic E-state index is 0.449. The van der Waals surface area contributed by atoms with E-state index in [-0.39, 0.29) is 0 Å². The lowest BCUT2D eigenvalue weighted by atomic mass is 10.1. The average molecular weight is 210 g/mol. The third-order valence-corrected chi connectivity index (χ3v) is 2.53. The SMILES string of the molecule is Cc1ccoc1C(O)Cc1cnsn1. The number of aromatic nitrogens is 2. The first-order valence-electron chi connectivity index (χ1n) is 4.26. The Morgan fingerprint density at radius 3 is 3.07 bits per heavy atom.